The SMILES string of the molecule is C/C(Cl)=C/CN(C)Cc1ccccc1. The van der Waals surface area contributed by atoms with Crippen molar-refractivity contribution < 1.29 is 0 Å². The van der Waals surface area contributed by atoms with Crippen molar-refractivity contribution in [2.45, 2.75) is 13.5 Å². The van der Waals surface area contributed by atoms with Crippen molar-refractivity contribution in [3.05, 3.63) is 47.0 Å². The topological polar surface area (TPSA) is 3.24 Å². The number of hydrogen-bond donors (Lipinski definition) is 0. The molecule has 1 rings (SSSR count). The Hall–Kier alpha value is -0.790. The summed E-state index contributed by atoms with van der Waals surface area (Å²) in [7, 11) is 2.09. The molecule has 0 heterocycles. The molecule has 0 bridgehead atoms. The van der Waals surface area contributed by atoms with Gasteiger partial charge in [-0.15, -0.1) is 0 Å². The molecule has 1 aromatic rings. The first kappa shape index (κ1) is 11.3. The third-order valence-corrected chi connectivity index (χ3v) is 2.13. The lowest BCUT2D eigenvalue weighted by Gasteiger charge is -2.14. The van der Waals surface area contributed by atoms with E-state index in [2.05, 4.69) is 36.2 Å². The Morgan fingerprint density at radius 3 is 2.57 bits per heavy atom. The number of hydrogen-bond acceptors (Lipinski definition) is 1. The number of nitrogens with zero attached hydrogens (tertiary/aromatic N) is 1. The molecule has 0 amide bonds. The zero-order valence-electron chi connectivity index (χ0n) is 8.70. The van der Waals surface area contributed by atoms with Crippen LogP contribution in [0.15, 0.2) is 41.4 Å². The van der Waals surface area contributed by atoms with Crippen LogP contribution in [0.2, 0.25) is 0 Å². The van der Waals surface area contributed by atoms with E-state index in [4.69, 9.17) is 11.6 Å². The Morgan fingerprint density at radius 1 is 1.36 bits per heavy atom. The summed E-state index contributed by atoms with van der Waals surface area (Å²) in [6.45, 7) is 3.75. The van der Waals surface area contributed by atoms with Crippen molar-refractivity contribution in [1.82, 2.24) is 4.90 Å². The van der Waals surface area contributed by atoms with Crippen molar-refractivity contribution in [1.29, 1.82) is 0 Å². The first-order chi connectivity index (χ1) is 6.68. The van der Waals surface area contributed by atoms with Gasteiger partial charge < -0.3 is 0 Å². The molecule has 1 aromatic carbocycles. The predicted molar refractivity (Wildman–Crippen MR) is 62.4 cm³/mol. The zero-order chi connectivity index (χ0) is 10.4. The maximum Gasteiger partial charge on any atom is 0.0233 e. The highest BCUT2D eigenvalue weighted by Crippen LogP contribution is 2.04. The molecule has 76 valence electrons. The smallest absolute Gasteiger partial charge is 0.0233 e. The summed E-state index contributed by atoms with van der Waals surface area (Å²) in [5, 5.41) is 0.852. The molecule has 2 heteroatoms. The van der Waals surface area contributed by atoms with Gasteiger partial charge in [-0.05, 0) is 19.5 Å². The fraction of sp³-hybridized carbons (Fsp3) is 0.333. The number of halogens is 1. The second-order valence-corrected chi connectivity index (χ2v) is 4.07. The molecule has 0 aliphatic heterocycles. The molecular formula is C12H16ClN. The lowest BCUT2D eigenvalue weighted by molar-refractivity contribution is 0.363. The van der Waals surface area contributed by atoms with E-state index in [1.54, 1.807) is 0 Å². The number of likely N-dealkylation sites (N-methyl/N-ethyl adjacent to an activating group) is 1. The van der Waals surface area contributed by atoms with E-state index >= 15 is 0 Å². The van der Waals surface area contributed by atoms with Crippen LogP contribution >= 0.6 is 11.6 Å². The summed E-state index contributed by atoms with van der Waals surface area (Å²) >= 11 is 5.76. The van der Waals surface area contributed by atoms with E-state index in [0.717, 1.165) is 18.1 Å². The van der Waals surface area contributed by atoms with Gasteiger partial charge in [0, 0.05) is 18.1 Å². The second-order valence-electron chi connectivity index (χ2n) is 3.47. The van der Waals surface area contributed by atoms with Crippen LogP contribution in [0.4, 0.5) is 0 Å². The molecule has 0 N–H and O–H groups in total. The fourth-order valence-electron chi connectivity index (χ4n) is 1.24. The minimum atomic E-state index is 0.852. The highest BCUT2D eigenvalue weighted by molar-refractivity contribution is 6.29. The Morgan fingerprint density at radius 2 is 2.00 bits per heavy atom. The molecule has 0 fully saturated rings. The first-order valence-corrected chi connectivity index (χ1v) is 5.11. The van der Waals surface area contributed by atoms with Gasteiger partial charge in [0.2, 0.25) is 0 Å². The van der Waals surface area contributed by atoms with Gasteiger partial charge in [0.25, 0.3) is 0 Å². The Kier molecular flexibility index (Phi) is 4.71. The maximum absolute atomic E-state index is 5.76. The molecular weight excluding hydrogens is 194 g/mol. The molecule has 1 nitrogen and oxygen atoms in total. The summed E-state index contributed by atoms with van der Waals surface area (Å²) in [6.07, 6.45) is 2.02. The van der Waals surface area contributed by atoms with Crippen molar-refractivity contribution in [3.63, 3.8) is 0 Å². The van der Waals surface area contributed by atoms with Gasteiger partial charge in [0.05, 0.1) is 0 Å². The Bertz CT molecular complexity index is 288. The summed E-state index contributed by atoms with van der Waals surface area (Å²) in [5.41, 5.74) is 1.33. The van der Waals surface area contributed by atoms with Gasteiger partial charge in [0.15, 0.2) is 0 Å². The van der Waals surface area contributed by atoms with Crippen molar-refractivity contribution in [3.8, 4) is 0 Å². The minimum absolute atomic E-state index is 0.852. The van der Waals surface area contributed by atoms with Crippen LogP contribution in [0.3, 0.4) is 0 Å². The molecule has 0 saturated heterocycles. The van der Waals surface area contributed by atoms with Crippen molar-refractivity contribution in [2.75, 3.05) is 13.6 Å². The van der Waals surface area contributed by atoms with Crippen LogP contribution in [0.25, 0.3) is 0 Å². The summed E-state index contributed by atoms with van der Waals surface area (Å²) in [6, 6.07) is 10.4. The van der Waals surface area contributed by atoms with Gasteiger partial charge >= 0.3 is 0 Å². The molecule has 0 radical (unpaired) electrons. The highest BCUT2D eigenvalue weighted by atomic mass is 35.5. The van der Waals surface area contributed by atoms with Crippen molar-refractivity contribution in [2.24, 2.45) is 0 Å². The third kappa shape index (κ3) is 4.45. The molecule has 0 saturated carbocycles. The molecule has 0 aliphatic rings. The summed E-state index contributed by atoms with van der Waals surface area (Å²) < 4.78 is 0. The standard InChI is InChI=1S/C12H16ClN/c1-11(13)8-9-14(2)10-12-6-4-3-5-7-12/h3-8H,9-10H2,1-2H3/b11-8-. The van der Waals surface area contributed by atoms with Gasteiger partial charge in [0.1, 0.15) is 0 Å². The lowest BCUT2D eigenvalue weighted by Crippen LogP contribution is -2.17. The average Bonchev–Trinajstić information content (AvgIpc) is 2.16. The minimum Gasteiger partial charge on any atom is -0.298 e. The maximum atomic E-state index is 5.76. The van der Waals surface area contributed by atoms with Gasteiger partial charge in [-0.25, -0.2) is 0 Å². The van der Waals surface area contributed by atoms with E-state index < -0.39 is 0 Å². The largest absolute Gasteiger partial charge is 0.298 e. The monoisotopic (exact) mass is 209 g/mol. The van der Waals surface area contributed by atoms with Gasteiger partial charge in [-0.1, -0.05) is 48.0 Å². The van der Waals surface area contributed by atoms with Gasteiger partial charge in [-0.3, -0.25) is 4.90 Å². The lowest BCUT2D eigenvalue weighted by atomic mass is 10.2. The number of rotatable bonds is 4. The molecule has 0 spiro atoms. The van der Waals surface area contributed by atoms with E-state index in [1.807, 2.05) is 19.1 Å². The molecule has 0 aromatic heterocycles. The van der Waals surface area contributed by atoms with E-state index in [9.17, 15) is 0 Å². The summed E-state index contributed by atoms with van der Waals surface area (Å²) in [5.74, 6) is 0. The zero-order valence-corrected chi connectivity index (χ0v) is 9.46. The van der Waals surface area contributed by atoms with Crippen molar-refractivity contribution >= 4 is 11.6 Å². The first-order valence-electron chi connectivity index (χ1n) is 4.73. The molecule has 0 aliphatic carbocycles. The normalized spacial score (nSPS) is 12.1. The highest BCUT2D eigenvalue weighted by Gasteiger charge is 1.97. The number of benzene rings is 1. The van der Waals surface area contributed by atoms with Crippen LogP contribution < -0.4 is 0 Å². The van der Waals surface area contributed by atoms with Crippen LogP contribution in [0, 0.1) is 0 Å². The van der Waals surface area contributed by atoms with E-state index in [-0.39, 0.29) is 0 Å². The Balaban J connectivity index is 2.42. The molecule has 14 heavy (non-hydrogen) atoms. The second kappa shape index (κ2) is 5.84. The predicted octanol–water partition coefficient (Wildman–Crippen LogP) is 3.26. The van der Waals surface area contributed by atoms with E-state index in [1.165, 1.54) is 5.56 Å². The molecule has 0 atom stereocenters. The quantitative estimate of drug-likeness (QED) is 0.736. The van der Waals surface area contributed by atoms with Gasteiger partial charge in [-0.2, -0.15) is 0 Å². The molecule has 0 unspecified atom stereocenters. The van der Waals surface area contributed by atoms with Crippen LogP contribution in [-0.2, 0) is 6.54 Å². The fourth-order valence-corrected chi connectivity index (χ4v) is 1.31. The van der Waals surface area contributed by atoms with Crippen LogP contribution in [-0.4, -0.2) is 18.5 Å². The third-order valence-electron chi connectivity index (χ3n) is 1.98. The number of allylic oxidation sites excluding steroid dienone is 1. The Labute approximate surface area is 91.0 Å². The average molecular weight is 210 g/mol. The van der Waals surface area contributed by atoms with Crippen LogP contribution in [0.1, 0.15) is 12.5 Å². The summed E-state index contributed by atoms with van der Waals surface area (Å²) in [4.78, 5) is 2.22. The van der Waals surface area contributed by atoms with Crippen LogP contribution in [0.5, 0.6) is 0 Å². The van der Waals surface area contributed by atoms with E-state index in [0.29, 0.717) is 0 Å².